The van der Waals surface area contributed by atoms with Crippen molar-refractivity contribution < 1.29 is 4.79 Å². The van der Waals surface area contributed by atoms with Gasteiger partial charge in [-0.1, -0.05) is 33.1 Å². The largest absolute Gasteiger partial charge is 0.352 e. The molecule has 2 rings (SSSR count). The minimum atomic E-state index is 0.183. The fraction of sp³-hybridized carbons (Fsp3) is 0.929. The molecule has 1 saturated carbocycles. The summed E-state index contributed by atoms with van der Waals surface area (Å²) in [4.78, 5) is 12.2. The van der Waals surface area contributed by atoms with Gasteiger partial charge in [-0.05, 0) is 31.2 Å². The highest BCUT2D eigenvalue weighted by Gasteiger charge is 2.34. The van der Waals surface area contributed by atoms with Crippen molar-refractivity contribution in [3.05, 3.63) is 0 Å². The van der Waals surface area contributed by atoms with Crippen LogP contribution in [0.2, 0.25) is 0 Å². The molecule has 3 nitrogen and oxygen atoms in total. The molecule has 3 heteroatoms. The second-order valence-electron chi connectivity index (χ2n) is 6.35. The first-order valence-corrected chi connectivity index (χ1v) is 7.11. The Morgan fingerprint density at radius 1 is 1.18 bits per heavy atom. The molecule has 0 aromatic carbocycles. The molecule has 0 spiro atoms. The van der Waals surface area contributed by atoms with E-state index < -0.39 is 0 Å². The molecule has 2 fully saturated rings. The van der Waals surface area contributed by atoms with Gasteiger partial charge < -0.3 is 10.6 Å². The van der Waals surface area contributed by atoms with Crippen LogP contribution >= 0.6 is 0 Å². The molecule has 1 unspecified atom stereocenters. The average Bonchev–Trinajstić information content (AvgIpc) is 2.33. The van der Waals surface area contributed by atoms with Gasteiger partial charge >= 0.3 is 0 Å². The molecule has 1 aliphatic heterocycles. The summed E-state index contributed by atoms with van der Waals surface area (Å²) >= 11 is 0. The van der Waals surface area contributed by atoms with E-state index in [1.165, 1.54) is 19.3 Å². The average molecular weight is 238 g/mol. The van der Waals surface area contributed by atoms with Gasteiger partial charge in [0.05, 0.1) is 0 Å². The Labute approximate surface area is 105 Å². The van der Waals surface area contributed by atoms with E-state index >= 15 is 0 Å². The molecule has 2 aliphatic rings. The monoisotopic (exact) mass is 238 g/mol. The van der Waals surface area contributed by atoms with Crippen LogP contribution in [0.4, 0.5) is 0 Å². The van der Waals surface area contributed by atoms with Crippen molar-refractivity contribution in [3.63, 3.8) is 0 Å². The van der Waals surface area contributed by atoms with Gasteiger partial charge in [0.1, 0.15) is 0 Å². The fourth-order valence-corrected chi connectivity index (χ4v) is 3.09. The summed E-state index contributed by atoms with van der Waals surface area (Å²) in [6, 6.07) is 0.346. The molecule has 1 amide bonds. The van der Waals surface area contributed by atoms with Crippen LogP contribution in [0.3, 0.4) is 0 Å². The third-order valence-corrected chi connectivity index (χ3v) is 4.43. The number of hydrogen-bond acceptors (Lipinski definition) is 2. The normalized spacial score (nSPS) is 29.9. The molecule has 1 saturated heterocycles. The molecule has 98 valence electrons. The summed E-state index contributed by atoms with van der Waals surface area (Å²) < 4.78 is 0. The lowest BCUT2D eigenvalue weighted by molar-refractivity contribution is -0.127. The molecule has 2 N–H and O–H groups in total. The summed E-state index contributed by atoms with van der Waals surface area (Å²) in [5, 5.41) is 6.71. The molecular formula is C14H26N2O. The smallest absolute Gasteiger partial charge is 0.223 e. The van der Waals surface area contributed by atoms with Gasteiger partial charge in [-0.15, -0.1) is 0 Å². The van der Waals surface area contributed by atoms with Crippen LogP contribution < -0.4 is 10.6 Å². The Morgan fingerprint density at radius 2 is 1.88 bits per heavy atom. The Morgan fingerprint density at radius 3 is 2.53 bits per heavy atom. The lowest BCUT2D eigenvalue weighted by atomic mass is 9.79. The number of hydrogen-bond donors (Lipinski definition) is 2. The predicted octanol–water partition coefficient (Wildman–Crippen LogP) is 2.07. The first-order valence-electron chi connectivity index (χ1n) is 7.11. The topological polar surface area (TPSA) is 41.1 Å². The Hall–Kier alpha value is -0.570. The van der Waals surface area contributed by atoms with E-state index in [-0.39, 0.29) is 11.3 Å². The molecule has 0 bridgehead atoms. The maximum absolute atomic E-state index is 12.2. The van der Waals surface area contributed by atoms with E-state index in [2.05, 4.69) is 24.5 Å². The van der Waals surface area contributed by atoms with Crippen molar-refractivity contribution in [2.75, 3.05) is 13.1 Å². The Kier molecular flexibility index (Phi) is 4.08. The summed E-state index contributed by atoms with van der Waals surface area (Å²) in [5.74, 6) is 0.596. The second-order valence-corrected chi connectivity index (χ2v) is 6.35. The highest BCUT2D eigenvalue weighted by Crippen LogP contribution is 2.27. The van der Waals surface area contributed by atoms with Crippen LogP contribution in [-0.4, -0.2) is 25.0 Å². The van der Waals surface area contributed by atoms with E-state index in [1.54, 1.807) is 0 Å². The number of nitrogens with one attached hydrogen (secondary N) is 2. The number of amides is 1. The van der Waals surface area contributed by atoms with Gasteiger partial charge in [-0.2, -0.15) is 0 Å². The third kappa shape index (κ3) is 3.21. The Balaban J connectivity index is 1.88. The molecule has 1 aliphatic carbocycles. The minimum absolute atomic E-state index is 0.183. The predicted molar refractivity (Wildman–Crippen MR) is 69.8 cm³/mol. The van der Waals surface area contributed by atoms with Crippen molar-refractivity contribution in [2.24, 2.45) is 11.3 Å². The summed E-state index contributed by atoms with van der Waals surface area (Å²) in [5.41, 5.74) is 0.183. The van der Waals surface area contributed by atoms with Crippen LogP contribution in [0, 0.1) is 11.3 Å². The quantitative estimate of drug-likeness (QED) is 0.773. The van der Waals surface area contributed by atoms with Crippen molar-refractivity contribution >= 4 is 5.91 Å². The lowest BCUT2D eigenvalue weighted by Crippen LogP contribution is -2.55. The van der Waals surface area contributed by atoms with Crippen molar-refractivity contribution in [1.82, 2.24) is 10.6 Å². The van der Waals surface area contributed by atoms with E-state index in [0.717, 1.165) is 32.4 Å². The lowest BCUT2D eigenvalue weighted by Gasteiger charge is -2.40. The van der Waals surface area contributed by atoms with Gasteiger partial charge in [-0.25, -0.2) is 0 Å². The fourth-order valence-electron chi connectivity index (χ4n) is 3.09. The van der Waals surface area contributed by atoms with Crippen molar-refractivity contribution in [3.8, 4) is 0 Å². The zero-order valence-electron chi connectivity index (χ0n) is 11.2. The summed E-state index contributed by atoms with van der Waals surface area (Å²) in [6.07, 6.45) is 7.02. The highest BCUT2D eigenvalue weighted by molar-refractivity contribution is 5.79. The van der Waals surface area contributed by atoms with Crippen molar-refractivity contribution in [1.29, 1.82) is 0 Å². The second kappa shape index (κ2) is 5.38. The maximum Gasteiger partial charge on any atom is 0.223 e. The van der Waals surface area contributed by atoms with Crippen LogP contribution in [-0.2, 0) is 4.79 Å². The number of piperidine rings is 1. The SMILES string of the molecule is CC1(C)CNCCC1NC(=O)C1CCCCC1. The molecule has 0 aromatic rings. The van der Waals surface area contributed by atoms with Crippen LogP contribution in [0.25, 0.3) is 0 Å². The van der Waals surface area contributed by atoms with Gasteiger partial charge in [0.25, 0.3) is 0 Å². The zero-order valence-corrected chi connectivity index (χ0v) is 11.2. The number of carbonyl (C=O) groups is 1. The summed E-state index contributed by atoms with van der Waals surface area (Å²) in [7, 11) is 0. The molecular weight excluding hydrogens is 212 g/mol. The van der Waals surface area contributed by atoms with Gasteiger partial charge in [-0.3, -0.25) is 4.79 Å². The molecule has 1 atom stereocenters. The van der Waals surface area contributed by atoms with Crippen LogP contribution in [0.15, 0.2) is 0 Å². The first kappa shape index (κ1) is 12.9. The van der Waals surface area contributed by atoms with E-state index in [4.69, 9.17) is 0 Å². The van der Waals surface area contributed by atoms with Crippen LogP contribution in [0.1, 0.15) is 52.4 Å². The molecule has 17 heavy (non-hydrogen) atoms. The minimum Gasteiger partial charge on any atom is -0.352 e. The van der Waals surface area contributed by atoms with Gasteiger partial charge in [0.15, 0.2) is 0 Å². The van der Waals surface area contributed by atoms with E-state index in [1.807, 2.05) is 0 Å². The van der Waals surface area contributed by atoms with E-state index in [9.17, 15) is 4.79 Å². The number of rotatable bonds is 2. The van der Waals surface area contributed by atoms with Crippen LogP contribution in [0.5, 0.6) is 0 Å². The first-order chi connectivity index (χ1) is 8.09. The van der Waals surface area contributed by atoms with Crippen molar-refractivity contribution in [2.45, 2.75) is 58.4 Å². The van der Waals surface area contributed by atoms with Gasteiger partial charge in [0, 0.05) is 18.5 Å². The third-order valence-electron chi connectivity index (χ3n) is 4.43. The Bertz CT molecular complexity index is 269. The van der Waals surface area contributed by atoms with E-state index in [0.29, 0.717) is 11.9 Å². The summed E-state index contributed by atoms with van der Waals surface area (Å²) in [6.45, 7) is 6.51. The standard InChI is InChI=1S/C14H26N2O/c1-14(2)10-15-9-8-12(14)16-13(17)11-6-4-3-5-7-11/h11-12,15H,3-10H2,1-2H3,(H,16,17). The zero-order chi connectivity index (χ0) is 12.3. The molecule has 0 radical (unpaired) electrons. The number of carbonyl (C=O) groups excluding carboxylic acids is 1. The van der Waals surface area contributed by atoms with Gasteiger partial charge in [0.2, 0.25) is 5.91 Å². The maximum atomic E-state index is 12.2. The highest BCUT2D eigenvalue weighted by atomic mass is 16.1. The molecule has 0 aromatic heterocycles. The molecule has 1 heterocycles.